The standard InChI is InChI=1S/C16H23N3O3/c1-11(15(20)18-16(21)17-2)19(13-6-7-13)10-12-4-8-14(22-3)9-5-12/h4-5,8-9,11,13H,6-7,10H2,1-3H3,(H2,17,18,20,21)/t11-/m0/s1. The van der Waals surface area contributed by atoms with E-state index in [1.165, 1.54) is 7.05 Å². The fraction of sp³-hybridized carbons (Fsp3) is 0.500. The number of hydrogen-bond donors (Lipinski definition) is 2. The summed E-state index contributed by atoms with van der Waals surface area (Å²) in [4.78, 5) is 25.6. The lowest BCUT2D eigenvalue weighted by atomic mass is 10.1. The Morgan fingerprint density at radius 3 is 2.45 bits per heavy atom. The van der Waals surface area contributed by atoms with E-state index in [-0.39, 0.29) is 11.9 Å². The minimum Gasteiger partial charge on any atom is -0.497 e. The summed E-state index contributed by atoms with van der Waals surface area (Å²) < 4.78 is 5.15. The Bertz CT molecular complexity index is 526. The van der Waals surface area contributed by atoms with Crippen molar-refractivity contribution in [1.29, 1.82) is 0 Å². The number of methoxy groups -OCH3 is 1. The van der Waals surface area contributed by atoms with Crippen molar-refractivity contribution < 1.29 is 14.3 Å². The van der Waals surface area contributed by atoms with Crippen molar-refractivity contribution in [3.8, 4) is 5.75 Å². The van der Waals surface area contributed by atoms with Gasteiger partial charge in [0.15, 0.2) is 0 Å². The summed E-state index contributed by atoms with van der Waals surface area (Å²) in [5.74, 6) is 0.534. The molecule has 120 valence electrons. The highest BCUT2D eigenvalue weighted by molar-refractivity contribution is 5.96. The number of nitrogens with zero attached hydrogens (tertiary/aromatic N) is 1. The van der Waals surface area contributed by atoms with Gasteiger partial charge in [-0.3, -0.25) is 15.0 Å². The molecule has 6 heteroatoms. The summed E-state index contributed by atoms with van der Waals surface area (Å²) >= 11 is 0. The van der Waals surface area contributed by atoms with Crippen LogP contribution in [0.2, 0.25) is 0 Å². The maximum Gasteiger partial charge on any atom is 0.321 e. The van der Waals surface area contributed by atoms with Crippen molar-refractivity contribution in [2.45, 2.75) is 38.4 Å². The normalized spacial score (nSPS) is 15.3. The largest absolute Gasteiger partial charge is 0.497 e. The average Bonchev–Trinajstić information content (AvgIpc) is 3.37. The molecule has 2 N–H and O–H groups in total. The Labute approximate surface area is 130 Å². The number of amides is 3. The number of carbonyl (C=O) groups excluding carboxylic acids is 2. The number of rotatable bonds is 6. The predicted molar refractivity (Wildman–Crippen MR) is 83.6 cm³/mol. The third-order valence-corrected chi connectivity index (χ3v) is 3.88. The number of hydrogen-bond acceptors (Lipinski definition) is 4. The Balaban J connectivity index is 2.02. The molecule has 0 bridgehead atoms. The highest BCUT2D eigenvalue weighted by Crippen LogP contribution is 2.30. The number of ether oxygens (including phenoxy) is 1. The van der Waals surface area contributed by atoms with Gasteiger partial charge in [0.2, 0.25) is 5.91 Å². The van der Waals surface area contributed by atoms with E-state index >= 15 is 0 Å². The SMILES string of the molecule is CNC(=O)NC(=O)[C@H](C)N(Cc1ccc(OC)cc1)C1CC1. The molecule has 0 saturated heterocycles. The van der Waals surface area contributed by atoms with Gasteiger partial charge in [0.05, 0.1) is 13.2 Å². The monoisotopic (exact) mass is 305 g/mol. The first-order valence-corrected chi connectivity index (χ1v) is 7.46. The fourth-order valence-corrected chi connectivity index (χ4v) is 2.36. The fourth-order valence-electron chi connectivity index (χ4n) is 2.36. The van der Waals surface area contributed by atoms with Crippen LogP contribution in [-0.4, -0.2) is 43.1 Å². The van der Waals surface area contributed by atoms with Crippen molar-refractivity contribution in [1.82, 2.24) is 15.5 Å². The lowest BCUT2D eigenvalue weighted by molar-refractivity contribution is -0.125. The van der Waals surface area contributed by atoms with Crippen LogP contribution in [0.15, 0.2) is 24.3 Å². The quantitative estimate of drug-likeness (QED) is 0.835. The molecule has 1 fully saturated rings. The van der Waals surface area contributed by atoms with Crippen LogP contribution in [0.3, 0.4) is 0 Å². The zero-order valence-electron chi connectivity index (χ0n) is 13.3. The van der Waals surface area contributed by atoms with Crippen LogP contribution >= 0.6 is 0 Å². The Hall–Kier alpha value is -2.08. The summed E-state index contributed by atoms with van der Waals surface area (Å²) in [5.41, 5.74) is 1.12. The van der Waals surface area contributed by atoms with Gasteiger partial charge >= 0.3 is 6.03 Å². The van der Waals surface area contributed by atoms with E-state index in [0.717, 1.165) is 24.2 Å². The summed E-state index contributed by atoms with van der Waals surface area (Å²) in [7, 11) is 3.12. The molecule has 1 atom stereocenters. The molecule has 6 nitrogen and oxygen atoms in total. The van der Waals surface area contributed by atoms with Crippen LogP contribution in [0, 0.1) is 0 Å². The molecule has 0 aliphatic heterocycles. The first kappa shape index (κ1) is 16.3. The van der Waals surface area contributed by atoms with Crippen molar-refractivity contribution in [2.24, 2.45) is 0 Å². The molecule has 1 aromatic carbocycles. The topological polar surface area (TPSA) is 70.7 Å². The zero-order chi connectivity index (χ0) is 16.1. The average molecular weight is 305 g/mol. The van der Waals surface area contributed by atoms with E-state index in [1.54, 1.807) is 7.11 Å². The van der Waals surface area contributed by atoms with E-state index < -0.39 is 6.03 Å². The maximum atomic E-state index is 12.1. The molecule has 1 aliphatic rings. The second-order valence-electron chi connectivity index (χ2n) is 5.50. The lowest BCUT2D eigenvalue weighted by Gasteiger charge is -2.28. The van der Waals surface area contributed by atoms with Crippen LogP contribution in [0.1, 0.15) is 25.3 Å². The highest BCUT2D eigenvalue weighted by Gasteiger charge is 2.35. The number of nitrogens with one attached hydrogen (secondary N) is 2. The van der Waals surface area contributed by atoms with Gasteiger partial charge in [-0.25, -0.2) is 4.79 Å². The Kier molecular flexibility index (Phi) is 5.38. The number of carbonyl (C=O) groups is 2. The van der Waals surface area contributed by atoms with Gasteiger partial charge in [-0.1, -0.05) is 12.1 Å². The van der Waals surface area contributed by atoms with Gasteiger partial charge in [0.25, 0.3) is 0 Å². The molecular weight excluding hydrogens is 282 g/mol. The molecule has 3 amide bonds. The summed E-state index contributed by atoms with van der Waals surface area (Å²) in [6.07, 6.45) is 2.18. The first-order valence-electron chi connectivity index (χ1n) is 7.46. The summed E-state index contributed by atoms with van der Waals surface area (Å²) in [5, 5.41) is 4.74. The van der Waals surface area contributed by atoms with Crippen molar-refractivity contribution in [3.63, 3.8) is 0 Å². The van der Waals surface area contributed by atoms with Crippen LogP contribution in [-0.2, 0) is 11.3 Å². The number of imide groups is 1. The van der Waals surface area contributed by atoms with Gasteiger partial charge in [0.1, 0.15) is 5.75 Å². The molecule has 0 heterocycles. The first-order chi connectivity index (χ1) is 10.5. The molecular formula is C16H23N3O3. The molecule has 2 rings (SSSR count). The highest BCUT2D eigenvalue weighted by atomic mass is 16.5. The van der Waals surface area contributed by atoms with Gasteiger partial charge < -0.3 is 10.1 Å². The molecule has 0 radical (unpaired) electrons. The van der Waals surface area contributed by atoms with Gasteiger partial charge in [-0.2, -0.15) is 0 Å². The van der Waals surface area contributed by atoms with E-state index in [4.69, 9.17) is 4.74 Å². The number of urea groups is 1. The lowest BCUT2D eigenvalue weighted by Crippen LogP contribution is -2.49. The van der Waals surface area contributed by atoms with Gasteiger partial charge in [0, 0.05) is 19.6 Å². The van der Waals surface area contributed by atoms with Crippen molar-refractivity contribution in [2.75, 3.05) is 14.2 Å². The minimum atomic E-state index is -0.475. The second-order valence-corrected chi connectivity index (χ2v) is 5.50. The number of benzene rings is 1. The maximum absolute atomic E-state index is 12.1. The molecule has 22 heavy (non-hydrogen) atoms. The van der Waals surface area contributed by atoms with Crippen molar-refractivity contribution in [3.05, 3.63) is 29.8 Å². The van der Waals surface area contributed by atoms with Gasteiger partial charge in [-0.15, -0.1) is 0 Å². The van der Waals surface area contributed by atoms with E-state index in [0.29, 0.717) is 12.6 Å². The predicted octanol–water partition coefficient (Wildman–Crippen LogP) is 1.50. The third-order valence-electron chi connectivity index (χ3n) is 3.88. The molecule has 1 saturated carbocycles. The molecule has 0 spiro atoms. The smallest absolute Gasteiger partial charge is 0.321 e. The van der Waals surface area contributed by atoms with Crippen LogP contribution < -0.4 is 15.4 Å². The van der Waals surface area contributed by atoms with Crippen molar-refractivity contribution >= 4 is 11.9 Å². The second kappa shape index (κ2) is 7.26. The minimum absolute atomic E-state index is 0.278. The third kappa shape index (κ3) is 4.21. The summed E-state index contributed by atoms with van der Waals surface area (Å²) in [6.45, 7) is 2.51. The van der Waals surface area contributed by atoms with Crippen LogP contribution in [0.4, 0.5) is 4.79 Å². The van der Waals surface area contributed by atoms with E-state index in [1.807, 2.05) is 31.2 Å². The molecule has 1 aliphatic carbocycles. The molecule has 0 aromatic heterocycles. The van der Waals surface area contributed by atoms with Gasteiger partial charge in [-0.05, 0) is 37.5 Å². The zero-order valence-corrected chi connectivity index (χ0v) is 13.3. The Morgan fingerprint density at radius 2 is 1.95 bits per heavy atom. The summed E-state index contributed by atoms with van der Waals surface area (Å²) in [6, 6.07) is 7.40. The van der Waals surface area contributed by atoms with Crippen LogP contribution in [0.5, 0.6) is 5.75 Å². The molecule has 0 unspecified atom stereocenters. The molecule has 1 aromatic rings. The van der Waals surface area contributed by atoms with E-state index in [2.05, 4.69) is 15.5 Å². The van der Waals surface area contributed by atoms with Crippen LogP contribution in [0.25, 0.3) is 0 Å². The Morgan fingerprint density at radius 1 is 1.32 bits per heavy atom. The van der Waals surface area contributed by atoms with E-state index in [9.17, 15) is 9.59 Å².